The number of rotatable bonds is 6. The number of halogens is 3. The number of likely N-dealkylation sites (tertiary alicyclic amines) is 1. The number of aromatic nitrogens is 1. The normalized spacial score (nSPS) is 18.4. The van der Waals surface area contributed by atoms with Crippen LogP contribution in [0.15, 0.2) is 18.3 Å². The van der Waals surface area contributed by atoms with Crippen LogP contribution in [0.1, 0.15) is 24.8 Å². The van der Waals surface area contributed by atoms with Gasteiger partial charge in [-0.25, -0.2) is 4.98 Å². The number of hydrogen-bond acceptors (Lipinski definition) is 4. The molecule has 0 saturated carbocycles. The summed E-state index contributed by atoms with van der Waals surface area (Å²) in [5.74, 6) is 2.30. The summed E-state index contributed by atoms with van der Waals surface area (Å²) in [5.41, 5.74) is 0.611. The second-order valence-corrected chi connectivity index (χ2v) is 5.81. The van der Waals surface area contributed by atoms with Crippen molar-refractivity contribution in [1.82, 2.24) is 15.2 Å². The van der Waals surface area contributed by atoms with Gasteiger partial charge >= 0.3 is 6.18 Å². The van der Waals surface area contributed by atoms with Crippen molar-refractivity contribution in [3.05, 3.63) is 23.9 Å². The van der Waals surface area contributed by atoms with Crippen molar-refractivity contribution in [2.75, 3.05) is 19.7 Å². The molecule has 1 atom stereocenters. The molecule has 1 saturated heterocycles. The number of nitrogens with one attached hydrogen (secondary N) is 1. The van der Waals surface area contributed by atoms with Gasteiger partial charge in [-0.15, -0.1) is 6.42 Å². The van der Waals surface area contributed by atoms with Gasteiger partial charge in [-0.05, 0) is 31.0 Å². The molecule has 1 aliphatic rings. The molecule has 2 heterocycles. The van der Waals surface area contributed by atoms with E-state index in [1.807, 2.05) is 4.90 Å². The molecule has 0 aliphatic carbocycles. The van der Waals surface area contributed by atoms with Gasteiger partial charge in [0.05, 0.1) is 12.6 Å². The van der Waals surface area contributed by atoms with Crippen LogP contribution in [-0.4, -0.2) is 47.7 Å². The number of carbonyl (C=O) groups excluding carboxylic acids is 1. The monoisotopic (exact) mass is 355 g/mol. The molecule has 5 nitrogen and oxygen atoms in total. The molecule has 1 unspecified atom stereocenters. The summed E-state index contributed by atoms with van der Waals surface area (Å²) < 4.78 is 41.1. The van der Waals surface area contributed by atoms with Crippen LogP contribution in [-0.2, 0) is 11.3 Å². The molecule has 1 aromatic rings. The topological polar surface area (TPSA) is 54.5 Å². The van der Waals surface area contributed by atoms with Crippen molar-refractivity contribution < 1.29 is 22.7 Å². The molecule has 1 amide bonds. The molecule has 1 aromatic heterocycles. The molecule has 1 N–H and O–H groups in total. The molecule has 2 rings (SSSR count). The zero-order chi connectivity index (χ0) is 18.3. The van der Waals surface area contributed by atoms with Crippen LogP contribution in [0.25, 0.3) is 0 Å². The molecule has 0 aromatic carbocycles. The van der Waals surface area contributed by atoms with E-state index in [0.29, 0.717) is 12.1 Å². The van der Waals surface area contributed by atoms with Crippen molar-refractivity contribution in [3.8, 4) is 18.2 Å². The van der Waals surface area contributed by atoms with Crippen LogP contribution < -0.4 is 10.1 Å². The van der Waals surface area contributed by atoms with Gasteiger partial charge < -0.3 is 10.1 Å². The fourth-order valence-corrected chi connectivity index (χ4v) is 2.70. The minimum atomic E-state index is -4.42. The Labute approximate surface area is 144 Å². The Morgan fingerprint density at radius 2 is 2.28 bits per heavy atom. The maximum absolute atomic E-state index is 12.4. The van der Waals surface area contributed by atoms with Crippen LogP contribution in [0.5, 0.6) is 5.88 Å². The van der Waals surface area contributed by atoms with E-state index in [4.69, 9.17) is 6.42 Å². The highest BCUT2D eigenvalue weighted by Crippen LogP contribution is 2.18. The summed E-state index contributed by atoms with van der Waals surface area (Å²) in [4.78, 5) is 18.1. The first-order chi connectivity index (χ1) is 11.9. The highest BCUT2D eigenvalue weighted by atomic mass is 19.4. The van der Waals surface area contributed by atoms with E-state index < -0.39 is 12.8 Å². The van der Waals surface area contributed by atoms with Crippen molar-refractivity contribution in [2.24, 2.45) is 0 Å². The van der Waals surface area contributed by atoms with E-state index in [0.717, 1.165) is 25.8 Å². The fraction of sp³-hybridized carbons (Fsp3) is 0.529. The second kappa shape index (κ2) is 8.72. The van der Waals surface area contributed by atoms with E-state index in [9.17, 15) is 18.0 Å². The van der Waals surface area contributed by atoms with Crippen molar-refractivity contribution in [2.45, 2.75) is 38.0 Å². The predicted molar refractivity (Wildman–Crippen MR) is 85.7 cm³/mol. The van der Waals surface area contributed by atoms with Gasteiger partial charge in [0.1, 0.15) is 0 Å². The van der Waals surface area contributed by atoms with Gasteiger partial charge in [-0.1, -0.05) is 12.3 Å². The lowest BCUT2D eigenvalue weighted by Gasteiger charge is -2.33. The minimum Gasteiger partial charge on any atom is -0.468 e. The molecular weight excluding hydrogens is 335 g/mol. The molecular formula is C17H20F3N3O2. The lowest BCUT2D eigenvalue weighted by molar-refractivity contribution is -0.154. The Balaban J connectivity index is 1.89. The quantitative estimate of drug-likeness (QED) is 0.795. The maximum Gasteiger partial charge on any atom is 0.422 e. The van der Waals surface area contributed by atoms with E-state index in [-0.39, 0.29) is 24.4 Å². The highest BCUT2D eigenvalue weighted by Gasteiger charge is 2.29. The number of piperidine rings is 1. The fourth-order valence-electron chi connectivity index (χ4n) is 2.70. The first kappa shape index (κ1) is 19.1. The van der Waals surface area contributed by atoms with Gasteiger partial charge in [0.15, 0.2) is 6.61 Å². The standard InChI is InChI=1S/C17H20F3N3O2/c1-2-8-23-9-4-3-5-14(23)16(24)22-11-13-6-7-21-15(10-13)25-12-17(18,19)20/h1,6-7,10,14H,3-5,8-9,11-12H2,(H,22,24). The van der Waals surface area contributed by atoms with Crippen molar-refractivity contribution in [1.29, 1.82) is 0 Å². The van der Waals surface area contributed by atoms with Gasteiger partial charge in [0.25, 0.3) is 0 Å². The zero-order valence-corrected chi connectivity index (χ0v) is 13.7. The summed E-state index contributed by atoms with van der Waals surface area (Å²) in [6, 6.07) is 2.72. The average Bonchev–Trinajstić information content (AvgIpc) is 2.58. The second-order valence-electron chi connectivity index (χ2n) is 5.81. The highest BCUT2D eigenvalue weighted by molar-refractivity contribution is 5.81. The van der Waals surface area contributed by atoms with Crippen LogP contribution >= 0.6 is 0 Å². The van der Waals surface area contributed by atoms with Crippen LogP contribution in [0.3, 0.4) is 0 Å². The van der Waals surface area contributed by atoms with Crippen LogP contribution in [0, 0.1) is 12.3 Å². The third kappa shape index (κ3) is 6.27. The van der Waals surface area contributed by atoms with Gasteiger partial charge in [0.2, 0.25) is 11.8 Å². The number of alkyl halides is 3. The predicted octanol–water partition coefficient (Wildman–Crippen LogP) is 2.13. The molecule has 0 spiro atoms. The van der Waals surface area contributed by atoms with E-state index in [1.54, 1.807) is 6.07 Å². The lowest BCUT2D eigenvalue weighted by atomic mass is 10.0. The summed E-state index contributed by atoms with van der Waals surface area (Å²) >= 11 is 0. The van der Waals surface area contributed by atoms with Crippen molar-refractivity contribution >= 4 is 5.91 Å². The number of ether oxygens (including phenoxy) is 1. The van der Waals surface area contributed by atoms with E-state index in [1.165, 1.54) is 12.3 Å². The molecule has 0 bridgehead atoms. The zero-order valence-electron chi connectivity index (χ0n) is 13.7. The number of amides is 1. The molecule has 8 heteroatoms. The third-order valence-electron chi connectivity index (χ3n) is 3.86. The van der Waals surface area contributed by atoms with Gasteiger partial charge in [-0.3, -0.25) is 9.69 Å². The minimum absolute atomic E-state index is 0.129. The average molecular weight is 355 g/mol. The number of nitrogens with zero attached hydrogens (tertiary/aromatic N) is 2. The Hall–Kier alpha value is -2.27. The van der Waals surface area contributed by atoms with Crippen LogP contribution in [0.2, 0.25) is 0 Å². The number of carbonyl (C=O) groups is 1. The largest absolute Gasteiger partial charge is 0.468 e. The molecule has 1 fully saturated rings. The Kier molecular flexibility index (Phi) is 6.65. The van der Waals surface area contributed by atoms with Crippen LogP contribution in [0.4, 0.5) is 13.2 Å². The van der Waals surface area contributed by atoms with Crippen molar-refractivity contribution in [3.63, 3.8) is 0 Å². The number of hydrogen-bond donors (Lipinski definition) is 1. The number of pyridine rings is 1. The van der Waals surface area contributed by atoms with Gasteiger partial charge in [-0.2, -0.15) is 13.2 Å². The first-order valence-electron chi connectivity index (χ1n) is 7.99. The molecule has 0 radical (unpaired) electrons. The van der Waals surface area contributed by atoms with Gasteiger partial charge in [0, 0.05) is 18.8 Å². The maximum atomic E-state index is 12.4. The summed E-state index contributed by atoms with van der Waals surface area (Å²) in [6.07, 6.45) is 4.97. The Bertz CT molecular complexity index is 628. The molecule has 136 valence electrons. The number of terminal acetylenes is 1. The van der Waals surface area contributed by atoms with E-state index in [2.05, 4.69) is 21.0 Å². The lowest BCUT2D eigenvalue weighted by Crippen LogP contribution is -2.49. The SMILES string of the molecule is C#CCN1CCCCC1C(=O)NCc1ccnc(OCC(F)(F)F)c1. The third-order valence-corrected chi connectivity index (χ3v) is 3.86. The molecule has 1 aliphatic heterocycles. The Morgan fingerprint density at radius 1 is 1.48 bits per heavy atom. The molecule has 25 heavy (non-hydrogen) atoms. The first-order valence-corrected chi connectivity index (χ1v) is 7.99. The Morgan fingerprint density at radius 3 is 3.00 bits per heavy atom. The summed E-state index contributed by atoms with van der Waals surface area (Å²) in [6.45, 7) is -0.0151. The van der Waals surface area contributed by atoms with E-state index >= 15 is 0 Å². The summed E-state index contributed by atoms with van der Waals surface area (Å²) in [7, 11) is 0. The summed E-state index contributed by atoms with van der Waals surface area (Å²) in [5, 5.41) is 2.80. The smallest absolute Gasteiger partial charge is 0.422 e.